The molecule has 1 aromatic heterocycles. The number of hydrogen-bond donors (Lipinski definition) is 1. The molecule has 0 spiro atoms. The second-order valence-corrected chi connectivity index (χ2v) is 7.78. The van der Waals surface area contributed by atoms with E-state index in [0.29, 0.717) is 28.5 Å². The van der Waals surface area contributed by atoms with E-state index in [0.717, 1.165) is 6.42 Å². The van der Waals surface area contributed by atoms with Gasteiger partial charge in [0.1, 0.15) is 0 Å². The van der Waals surface area contributed by atoms with Gasteiger partial charge in [0.2, 0.25) is 5.91 Å². The van der Waals surface area contributed by atoms with Gasteiger partial charge < -0.3 is 5.32 Å². The number of para-hydroxylation sites is 1. The fourth-order valence-corrected chi connectivity index (χ4v) is 4.28. The van der Waals surface area contributed by atoms with Crippen molar-refractivity contribution in [3.63, 3.8) is 0 Å². The average Bonchev–Trinajstić information content (AvgIpc) is 2.64. The summed E-state index contributed by atoms with van der Waals surface area (Å²) < 4.78 is 1.58. The minimum atomic E-state index is -0.0979. The molecule has 1 aromatic carbocycles. The fourth-order valence-electron chi connectivity index (χ4n) is 3.46. The molecule has 138 valence electrons. The smallest absolute Gasteiger partial charge is 0.262 e. The lowest BCUT2D eigenvalue weighted by Gasteiger charge is -2.29. The number of thioether (sulfide) groups is 1. The Morgan fingerprint density at radius 1 is 1.38 bits per heavy atom. The molecule has 26 heavy (non-hydrogen) atoms. The Bertz CT molecular complexity index is 862. The SMILES string of the molecule is C=CCn1c(SCC(=O)N[C@H]2CCCC[C@@H]2C)nc2ccccc2c1=O. The standard InChI is InChI=1S/C20H25N3O2S/c1-3-12-23-19(25)15-9-5-7-11-17(15)22-20(23)26-13-18(24)21-16-10-6-4-8-14(16)2/h3,5,7,9,11,14,16H,1,4,6,8,10,12-13H2,2H3,(H,21,24)/t14-,16-/m0/s1. The van der Waals surface area contributed by atoms with Gasteiger partial charge in [0.25, 0.3) is 5.56 Å². The summed E-state index contributed by atoms with van der Waals surface area (Å²) in [5.74, 6) is 0.780. The van der Waals surface area contributed by atoms with Gasteiger partial charge in [-0.05, 0) is 30.9 Å². The molecule has 0 unspecified atom stereocenters. The van der Waals surface area contributed by atoms with E-state index in [1.54, 1.807) is 16.7 Å². The zero-order chi connectivity index (χ0) is 18.5. The maximum Gasteiger partial charge on any atom is 0.262 e. The molecule has 0 radical (unpaired) electrons. The van der Waals surface area contributed by atoms with Crippen molar-refractivity contribution in [2.75, 3.05) is 5.75 Å². The highest BCUT2D eigenvalue weighted by Crippen LogP contribution is 2.24. The van der Waals surface area contributed by atoms with Crippen molar-refractivity contribution in [2.45, 2.75) is 50.4 Å². The summed E-state index contributed by atoms with van der Waals surface area (Å²) in [6.07, 6.45) is 6.31. The summed E-state index contributed by atoms with van der Waals surface area (Å²) in [6.45, 7) is 6.30. The van der Waals surface area contributed by atoms with E-state index < -0.39 is 0 Å². The number of hydrogen-bond acceptors (Lipinski definition) is 4. The molecule has 1 aliphatic carbocycles. The van der Waals surface area contributed by atoms with Crippen LogP contribution in [0.15, 0.2) is 46.9 Å². The largest absolute Gasteiger partial charge is 0.352 e. The van der Waals surface area contributed by atoms with E-state index >= 15 is 0 Å². The number of amides is 1. The number of allylic oxidation sites excluding steroid dienone is 1. The van der Waals surface area contributed by atoms with Gasteiger partial charge in [0.05, 0.1) is 16.7 Å². The molecular formula is C20H25N3O2S. The van der Waals surface area contributed by atoms with Gasteiger partial charge in [0.15, 0.2) is 5.16 Å². The predicted molar refractivity (Wildman–Crippen MR) is 106 cm³/mol. The lowest BCUT2D eigenvalue weighted by atomic mass is 9.86. The van der Waals surface area contributed by atoms with E-state index in [2.05, 4.69) is 23.8 Å². The van der Waals surface area contributed by atoms with Crippen molar-refractivity contribution in [1.29, 1.82) is 0 Å². The normalized spacial score (nSPS) is 20.0. The molecule has 1 aliphatic rings. The molecule has 5 nitrogen and oxygen atoms in total. The van der Waals surface area contributed by atoms with E-state index in [4.69, 9.17) is 0 Å². The van der Waals surface area contributed by atoms with Crippen molar-refractivity contribution in [3.8, 4) is 0 Å². The summed E-state index contributed by atoms with van der Waals surface area (Å²) in [4.78, 5) is 29.7. The van der Waals surface area contributed by atoms with Crippen molar-refractivity contribution < 1.29 is 4.79 Å². The molecule has 0 bridgehead atoms. The van der Waals surface area contributed by atoms with Crippen LogP contribution in [0.2, 0.25) is 0 Å². The quantitative estimate of drug-likeness (QED) is 0.480. The Balaban J connectivity index is 1.75. The van der Waals surface area contributed by atoms with Crippen LogP contribution in [0.3, 0.4) is 0 Å². The van der Waals surface area contributed by atoms with Crippen LogP contribution in [0.5, 0.6) is 0 Å². The van der Waals surface area contributed by atoms with Crippen LogP contribution in [0, 0.1) is 5.92 Å². The van der Waals surface area contributed by atoms with Gasteiger partial charge in [-0.1, -0.05) is 49.7 Å². The maximum atomic E-state index is 12.7. The molecule has 1 amide bonds. The first-order valence-corrected chi connectivity index (χ1v) is 10.1. The van der Waals surface area contributed by atoms with Gasteiger partial charge >= 0.3 is 0 Å². The number of rotatable bonds is 6. The molecule has 3 rings (SSSR count). The lowest BCUT2D eigenvalue weighted by molar-refractivity contribution is -0.119. The number of carbonyl (C=O) groups is 1. The number of carbonyl (C=O) groups excluding carboxylic acids is 1. The summed E-state index contributed by atoms with van der Waals surface area (Å²) in [5.41, 5.74) is 0.556. The van der Waals surface area contributed by atoms with E-state index in [1.165, 1.54) is 31.0 Å². The molecular weight excluding hydrogens is 346 g/mol. The average molecular weight is 372 g/mol. The van der Waals surface area contributed by atoms with Crippen LogP contribution in [0.1, 0.15) is 32.6 Å². The molecule has 1 fully saturated rings. The van der Waals surface area contributed by atoms with Gasteiger partial charge in [-0.15, -0.1) is 6.58 Å². The topological polar surface area (TPSA) is 64.0 Å². The Morgan fingerprint density at radius 2 is 2.15 bits per heavy atom. The number of nitrogens with zero attached hydrogens (tertiary/aromatic N) is 2. The van der Waals surface area contributed by atoms with Crippen LogP contribution in [0.25, 0.3) is 10.9 Å². The van der Waals surface area contributed by atoms with Crippen LogP contribution in [-0.4, -0.2) is 27.3 Å². The first kappa shape index (κ1) is 18.7. The third-order valence-corrected chi connectivity index (χ3v) is 5.90. The summed E-state index contributed by atoms with van der Waals surface area (Å²) in [5, 5.41) is 4.29. The fraction of sp³-hybridized carbons (Fsp3) is 0.450. The molecule has 1 N–H and O–H groups in total. The second kappa shape index (κ2) is 8.54. The van der Waals surface area contributed by atoms with Gasteiger partial charge in [0, 0.05) is 12.6 Å². The lowest BCUT2D eigenvalue weighted by Crippen LogP contribution is -2.41. The zero-order valence-electron chi connectivity index (χ0n) is 15.1. The van der Waals surface area contributed by atoms with Crippen LogP contribution < -0.4 is 10.9 Å². The summed E-state index contributed by atoms with van der Waals surface area (Å²) in [6, 6.07) is 7.54. The van der Waals surface area contributed by atoms with Crippen molar-refractivity contribution in [3.05, 3.63) is 47.3 Å². The highest BCUT2D eigenvalue weighted by molar-refractivity contribution is 7.99. The monoisotopic (exact) mass is 371 g/mol. The maximum absolute atomic E-state index is 12.7. The third kappa shape index (κ3) is 4.18. The Morgan fingerprint density at radius 3 is 2.92 bits per heavy atom. The van der Waals surface area contributed by atoms with Crippen molar-refractivity contribution in [2.24, 2.45) is 5.92 Å². The number of benzene rings is 1. The zero-order valence-corrected chi connectivity index (χ0v) is 15.9. The molecule has 0 saturated heterocycles. The minimum absolute atomic E-state index is 0.00121. The Kier molecular flexibility index (Phi) is 6.14. The van der Waals surface area contributed by atoms with Gasteiger partial charge in [-0.3, -0.25) is 14.2 Å². The highest BCUT2D eigenvalue weighted by Gasteiger charge is 2.23. The van der Waals surface area contributed by atoms with Crippen LogP contribution in [0.4, 0.5) is 0 Å². The summed E-state index contributed by atoms with van der Waals surface area (Å²) >= 11 is 1.31. The Hall–Kier alpha value is -2.08. The number of aromatic nitrogens is 2. The van der Waals surface area contributed by atoms with Gasteiger partial charge in [-0.2, -0.15) is 0 Å². The van der Waals surface area contributed by atoms with E-state index in [-0.39, 0.29) is 23.3 Å². The van der Waals surface area contributed by atoms with Crippen molar-refractivity contribution >= 4 is 28.6 Å². The molecule has 2 aromatic rings. The third-order valence-electron chi connectivity index (χ3n) is 4.93. The molecule has 6 heteroatoms. The first-order valence-electron chi connectivity index (χ1n) is 9.12. The molecule has 1 heterocycles. The highest BCUT2D eigenvalue weighted by atomic mass is 32.2. The van der Waals surface area contributed by atoms with Crippen LogP contribution in [-0.2, 0) is 11.3 Å². The number of fused-ring (bicyclic) bond motifs is 1. The number of nitrogens with one attached hydrogen (secondary N) is 1. The molecule has 2 atom stereocenters. The first-order chi connectivity index (χ1) is 12.6. The molecule has 1 saturated carbocycles. The predicted octanol–water partition coefficient (Wildman–Crippen LogP) is 3.37. The van der Waals surface area contributed by atoms with E-state index in [1.807, 2.05) is 18.2 Å². The summed E-state index contributed by atoms with van der Waals surface area (Å²) in [7, 11) is 0. The van der Waals surface area contributed by atoms with E-state index in [9.17, 15) is 9.59 Å². The van der Waals surface area contributed by atoms with Crippen LogP contribution >= 0.6 is 11.8 Å². The van der Waals surface area contributed by atoms with Gasteiger partial charge in [-0.25, -0.2) is 4.98 Å². The molecule has 0 aliphatic heterocycles. The Labute approximate surface area is 157 Å². The second-order valence-electron chi connectivity index (χ2n) is 6.84. The minimum Gasteiger partial charge on any atom is -0.352 e. The van der Waals surface area contributed by atoms with Crippen molar-refractivity contribution in [1.82, 2.24) is 14.9 Å².